The molecule has 1 saturated heterocycles. The lowest BCUT2D eigenvalue weighted by Gasteiger charge is -2.15. The number of ether oxygens (including phenoxy) is 3. The van der Waals surface area contributed by atoms with Crippen LogP contribution in [0.5, 0.6) is 17.2 Å². The number of carbonyl (C=O) groups is 2. The van der Waals surface area contributed by atoms with E-state index in [1.165, 1.54) is 23.8 Å². The summed E-state index contributed by atoms with van der Waals surface area (Å²) >= 11 is 12.9. The SMILES string of the molecule is CCOc1cc(/C=C2\SC(=S)N(c3ccc(OC)c(Cl)c3)C2=O)ccc1OCC(=O)Nc1ccccc1C. The minimum atomic E-state index is -0.284. The van der Waals surface area contributed by atoms with Crippen LogP contribution in [0.3, 0.4) is 0 Å². The molecule has 0 bridgehead atoms. The highest BCUT2D eigenvalue weighted by Gasteiger charge is 2.33. The van der Waals surface area contributed by atoms with E-state index in [1.807, 2.05) is 38.1 Å². The number of nitrogens with zero attached hydrogens (tertiary/aromatic N) is 1. The predicted molar refractivity (Wildman–Crippen MR) is 157 cm³/mol. The van der Waals surface area contributed by atoms with Crippen LogP contribution in [0.25, 0.3) is 6.08 Å². The van der Waals surface area contributed by atoms with Gasteiger partial charge in [0.25, 0.3) is 11.8 Å². The van der Waals surface area contributed by atoms with E-state index < -0.39 is 0 Å². The third kappa shape index (κ3) is 6.30. The van der Waals surface area contributed by atoms with Crippen molar-refractivity contribution in [1.82, 2.24) is 0 Å². The summed E-state index contributed by atoms with van der Waals surface area (Å²) in [6.45, 7) is 3.99. The molecule has 38 heavy (non-hydrogen) atoms. The predicted octanol–water partition coefficient (Wildman–Crippen LogP) is 6.48. The first-order valence-corrected chi connectivity index (χ1v) is 13.3. The molecule has 0 atom stereocenters. The van der Waals surface area contributed by atoms with Crippen molar-refractivity contribution in [3.8, 4) is 17.2 Å². The van der Waals surface area contributed by atoms with E-state index in [4.69, 9.17) is 38.0 Å². The maximum atomic E-state index is 13.2. The van der Waals surface area contributed by atoms with Gasteiger partial charge in [-0.2, -0.15) is 0 Å². The molecule has 1 N–H and O–H groups in total. The fraction of sp³-hybridized carbons (Fsp3) is 0.179. The maximum absolute atomic E-state index is 13.2. The number of para-hydroxylation sites is 1. The molecule has 0 aliphatic carbocycles. The van der Waals surface area contributed by atoms with E-state index in [-0.39, 0.29) is 18.4 Å². The molecule has 2 amide bonds. The van der Waals surface area contributed by atoms with Crippen LogP contribution in [-0.4, -0.2) is 36.5 Å². The van der Waals surface area contributed by atoms with E-state index in [1.54, 1.807) is 42.5 Å². The molecule has 7 nitrogen and oxygen atoms in total. The van der Waals surface area contributed by atoms with Crippen molar-refractivity contribution in [1.29, 1.82) is 0 Å². The Hall–Kier alpha value is -3.53. The van der Waals surface area contributed by atoms with Crippen LogP contribution in [0.1, 0.15) is 18.1 Å². The number of benzene rings is 3. The van der Waals surface area contributed by atoms with Gasteiger partial charge >= 0.3 is 0 Å². The van der Waals surface area contributed by atoms with Crippen LogP contribution in [0.2, 0.25) is 5.02 Å². The summed E-state index contributed by atoms with van der Waals surface area (Å²) in [6, 6.07) is 17.8. The number of amides is 2. The number of anilines is 2. The number of carbonyl (C=O) groups excluding carboxylic acids is 2. The van der Waals surface area contributed by atoms with E-state index in [0.29, 0.717) is 43.8 Å². The topological polar surface area (TPSA) is 77.1 Å². The molecule has 3 aromatic carbocycles. The average Bonchev–Trinajstić information content (AvgIpc) is 3.17. The second kappa shape index (κ2) is 12.3. The van der Waals surface area contributed by atoms with Gasteiger partial charge < -0.3 is 19.5 Å². The van der Waals surface area contributed by atoms with Crippen LogP contribution in [0, 0.1) is 6.92 Å². The molecular weight excluding hydrogens is 544 g/mol. The number of hydrogen-bond donors (Lipinski definition) is 1. The fourth-order valence-corrected chi connectivity index (χ4v) is 5.23. The molecule has 0 aromatic heterocycles. The van der Waals surface area contributed by atoms with Gasteiger partial charge in [0.05, 0.1) is 29.3 Å². The van der Waals surface area contributed by atoms with Crippen molar-refractivity contribution in [3.63, 3.8) is 0 Å². The van der Waals surface area contributed by atoms with Crippen LogP contribution in [0.4, 0.5) is 11.4 Å². The van der Waals surface area contributed by atoms with E-state index in [0.717, 1.165) is 16.8 Å². The van der Waals surface area contributed by atoms with E-state index in [9.17, 15) is 9.59 Å². The zero-order valence-corrected chi connectivity index (χ0v) is 23.3. The van der Waals surface area contributed by atoms with Gasteiger partial charge in [-0.15, -0.1) is 0 Å². The second-order valence-corrected chi connectivity index (χ2v) is 10.2. The largest absolute Gasteiger partial charge is 0.495 e. The lowest BCUT2D eigenvalue weighted by molar-refractivity contribution is -0.118. The van der Waals surface area contributed by atoms with Crippen molar-refractivity contribution in [2.24, 2.45) is 0 Å². The van der Waals surface area contributed by atoms with E-state index in [2.05, 4.69) is 5.32 Å². The molecule has 4 rings (SSSR count). The molecule has 1 fully saturated rings. The number of rotatable bonds is 9. The number of methoxy groups -OCH3 is 1. The van der Waals surface area contributed by atoms with Gasteiger partial charge in [-0.05, 0) is 67.4 Å². The number of aryl methyl sites for hydroxylation is 1. The summed E-state index contributed by atoms with van der Waals surface area (Å²) in [4.78, 5) is 27.5. The molecule has 1 aliphatic rings. The lowest BCUT2D eigenvalue weighted by Crippen LogP contribution is -2.27. The molecule has 0 saturated carbocycles. The summed E-state index contributed by atoms with van der Waals surface area (Å²) in [6.07, 6.45) is 1.74. The Kier molecular flexibility index (Phi) is 8.93. The Bertz CT molecular complexity index is 1430. The lowest BCUT2D eigenvalue weighted by atomic mass is 10.1. The minimum absolute atomic E-state index is 0.184. The second-order valence-electron chi connectivity index (χ2n) is 8.13. The Morgan fingerprint density at radius 1 is 1.08 bits per heavy atom. The molecule has 0 radical (unpaired) electrons. The standard InChI is InChI=1S/C28H25ClN2O5S2/c1-4-35-24-13-18(9-11-23(24)36-16-26(32)30-21-8-6-5-7-17(21)2)14-25-27(33)31(28(37)38-25)19-10-12-22(34-3)20(29)15-19/h5-15H,4,16H2,1-3H3,(H,30,32)/b25-14-. The van der Waals surface area contributed by atoms with Crippen molar-refractivity contribution in [3.05, 3.63) is 81.7 Å². The maximum Gasteiger partial charge on any atom is 0.270 e. The summed E-state index contributed by atoms with van der Waals surface area (Å²) in [5, 5.41) is 3.22. The Labute approximate surface area is 235 Å². The number of halogens is 1. The molecule has 1 heterocycles. The highest BCUT2D eigenvalue weighted by Crippen LogP contribution is 2.39. The van der Waals surface area contributed by atoms with Crippen molar-refractivity contribution in [2.45, 2.75) is 13.8 Å². The summed E-state index contributed by atoms with van der Waals surface area (Å²) in [5.74, 6) is 0.849. The van der Waals surface area contributed by atoms with Gasteiger partial charge in [-0.25, -0.2) is 0 Å². The summed E-state index contributed by atoms with van der Waals surface area (Å²) in [5.41, 5.74) is 2.97. The van der Waals surface area contributed by atoms with Crippen molar-refractivity contribution in [2.75, 3.05) is 30.5 Å². The van der Waals surface area contributed by atoms with Gasteiger partial charge in [0.15, 0.2) is 22.4 Å². The Morgan fingerprint density at radius 3 is 2.55 bits per heavy atom. The zero-order valence-electron chi connectivity index (χ0n) is 20.9. The molecule has 3 aromatic rings. The van der Waals surface area contributed by atoms with Gasteiger partial charge in [-0.3, -0.25) is 14.5 Å². The number of thiocarbonyl (C=S) groups is 1. The zero-order chi connectivity index (χ0) is 27.2. The van der Waals surface area contributed by atoms with Gasteiger partial charge in [-0.1, -0.05) is 59.8 Å². The smallest absolute Gasteiger partial charge is 0.270 e. The Morgan fingerprint density at radius 2 is 1.84 bits per heavy atom. The number of hydrogen-bond acceptors (Lipinski definition) is 7. The van der Waals surface area contributed by atoms with Gasteiger partial charge in [0.1, 0.15) is 5.75 Å². The Balaban J connectivity index is 1.49. The minimum Gasteiger partial charge on any atom is -0.495 e. The first-order chi connectivity index (χ1) is 18.3. The molecule has 196 valence electrons. The highest BCUT2D eigenvalue weighted by molar-refractivity contribution is 8.27. The van der Waals surface area contributed by atoms with Gasteiger partial charge in [0, 0.05) is 5.69 Å². The summed E-state index contributed by atoms with van der Waals surface area (Å²) in [7, 11) is 1.52. The third-order valence-electron chi connectivity index (χ3n) is 5.53. The fourth-order valence-electron chi connectivity index (χ4n) is 3.68. The normalized spacial score (nSPS) is 14.1. The average molecular weight is 569 g/mol. The first kappa shape index (κ1) is 27.5. The molecule has 0 unspecified atom stereocenters. The van der Waals surface area contributed by atoms with Crippen LogP contribution < -0.4 is 24.4 Å². The molecule has 10 heteroatoms. The highest BCUT2D eigenvalue weighted by atomic mass is 35.5. The quantitative estimate of drug-likeness (QED) is 0.234. The molecule has 1 aliphatic heterocycles. The van der Waals surface area contributed by atoms with Crippen LogP contribution >= 0.6 is 35.6 Å². The summed E-state index contributed by atoms with van der Waals surface area (Å²) < 4.78 is 17.1. The van der Waals surface area contributed by atoms with Crippen LogP contribution in [-0.2, 0) is 9.59 Å². The molecular formula is C28H25ClN2O5S2. The molecule has 0 spiro atoms. The van der Waals surface area contributed by atoms with Crippen molar-refractivity contribution >= 4 is 69.2 Å². The third-order valence-corrected chi connectivity index (χ3v) is 7.13. The number of nitrogens with one attached hydrogen (secondary N) is 1. The van der Waals surface area contributed by atoms with Gasteiger partial charge in [0.2, 0.25) is 0 Å². The first-order valence-electron chi connectivity index (χ1n) is 11.7. The van der Waals surface area contributed by atoms with Crippen molar-refractivity contribution < 1.29 is 23.8 Å². The van der Waals surface area contributed by atoms with E-state index >= 15 is 0 Å². The van der Waals surface area contributed by atoms with Crippen LogP contribution in [0.15, 0.2) is 65.6 Å². The number of thioether (sulfide) groups is 1. The monoisotopic (exact) mass is 568 g/mol.